The molecule has 0 aromatic carbocycles. The van der Waals surface area contributed by atoms with Gasteiger partial charge in [-0.15, -0.1) is 11.3 Å². The van der Waals surface area contributed by atoms with Crippen LogP contribution < -0.4 is 11.1 Å². The van der Waals surface area contributed by atoms with Gasteiger partial charge in [0.2, 0.25) is 0 Å². The maximum atomic E-state index is 12.3. The number of carbonyl (C=O) groups is 2. The van der Waals surface area contributed by atoms with Gasteiger partial charge < -0.3 is 16.2 Å². The van der Waals surface area contributed by atoms with Gasteiger partial charge in [-0.3, -0.25) is 4.79 Å². The molecule has 1 amide bonds. The molecule has 2 rings (SSSR count). The standard InChI is InChI=1S/C14H21N3O3S/c1-8-4-3-5-14(6-8,13(19)20)17-11(18)10-7-21-12(16-10)9(2)15/h7-9H,3-6,15H2,1-2H3,(H,17,18)(H,19,20). The number of carboxylic acid groups (broad SMARTS) is 1. The van der Waals surface area contributed by atoms with Crippen molar-refractivity contribution in [1.82, 2.24) is 10.3 Å². The third kappa shape index (κ3) is 3.41. The second-order valence-corrected chi connectivity index (χ2v) is 6.79. The van der Waals surface area contributed by atoms with Gasteiger partial charge in [-0.2, -0.15) is 0 Å². The summed E-state index contributed by atoms with van der Waals surface area (Å²) in [5.41, 5.74) is 4.79. The first-order valence-electron chi connectivity index (χ1n) is 7.11. The Morgan fingerprint density at radius 2 is 2.33 bits per heavy atom. The third-order valence-electron chi connectivity index (χ3n) is 3.90. The topological polar surface area (TPSA) is 105 Å². The first-order chi connectivity index (χ1) is 9.84. The Kier molecular flexibility index (Phi) is 4.63. The predicted octanol–water partition coefficient (Wildman–Crippen LogP) is 1.93. The zero-order valence-electron chi connectivity index (χ0n) is 12.3. The molecule has 1 aromatic heterocycles. The Labute approximate surface area is 127 Å². The summed E-state index contributed by atoms with van der Waals surface area (Å²) in [5, 5.41) is 14.5. The number of aliphatic carboxylic acids is 1. The summed E-state index contributed by atoms with van der Waals surface area (Å²) >= 11 is 1.31. The summed E-state index contributed by atoms with van der Waals surface area (Å²) in [6.07, 6.45) is 2.72. The van der Waals surface area contributed by atoms with Crippen molar-refractivity contribution in [2.24, 2.45) is 11.7 Å². The normalized spacial score (nSPS) is 27.1. The van der Waals surface area contributed by atoms with Crippen LogP contribution in [0.1, 0.15) is 61.1 Å². The molecule has 0 aliphatic heterocycles. The molecule has 1 heterocycles. The minimum atomic E-state index is -1.17. The van der Waals surface area contributed by atoms with E-state index in [2.05, 4.69) is 10.3 Å². The van der Waals surface area contributed by atoms with Gasteiger partial charge in [0.1, 0.15) is 16.2 Å². The van der Waals surface area contributed by atoms with Crippen LogP contribution in [0.3, 0.4) is 0 Å². The number of carboxylic acids is 1. The lowest BCUT2D eigenvalue weighted by molar-refractivity contribution is -0.146. The summed E-state index contributed by atoms with van der Waals surface area (Å²) in [6, 6.07) is -0.236. The fourth-order valence-electron chi connectivity index (χ4n) is 2.79. The third-order valence-corrected chi connectivity index (χ3v) is 4.95. The molecule has 4 N–H and O–H groups in total. The predicted molar refractivity (Wildman–Crippen MR) is 80.2 cm³/mol. The largest absolute Gasteiger partial charge is 0.480 e. The SMILES string of the molecule is CC1CCCC(NC(=O)c2csc(C(C)N)n2)(C(=O)O)C1. The van der Waals surface area contributed by atoms with Gasteiger partial charge in [-0.1, -0.05) is 19.8 Å². The number of carbonyl (C=O) groups excluding carboxylic acids is 1. The zero-order chi connectivity index (χ0) is 15.6. The molecular weight excluding hydrogens is 290 g/mol. The van der Waals surface area contributed by atoms with Crippen LogP contribution in [-0.2, 0) is 4.79 Å². The number of hydrogen-bond donors (Lipinski definition) is 3. The molecule has 0 saturated heterocycles. The van der Waals surface area contributed by atoms with Crippen LogP contribution in [0.25, 0.3) is 0 Å². The Bertz CT molecular complexity index is 543. The van der Waals surface area contributed by atoms with Crippen molar-refractivity contribution >= 4 is 23.2 Å². The number of aromatic nitrogens is 1. The maximum Gasteiger partial charge on any atom is 0.329 e. The van der Waals surface area contributed by atoms with E-state index in [4.69, 9.17) is 5.73 Å². The number of thiazole rings is 1. The summed E-state index contributed by atoms with van der Waals surface area (Å²) in [6.45, 7) is 3.81. The number of nitrogens with one attached hydrogen (secondary N) is 1. The van der Waals surface area contributed by atoms with E-state index in [0.717, 1.165) is 12.8 Å². The van der Waals surface area contributed by atoms with E-state index in [-0.39, 0.29) is 17.7 Å². The molecule has 6 nitrogen and oxygen atoms in total. The van der Waals surface area contributed by atoms with Crippen LogP contribution in [0.2, 0.25) is 0 Å². The van der Waals surface area contributed by atoms with E-state index in [1.807, 2.05) is 6.92 Å². The minimum Gasteiger partial charge on any atom is -0.480 e. The lowest BCUT2D eigenvalue weighted by atomic mass is 9.76. The van der Waals surface area contributed by atoms with Crippen LogP contribution in [0, 0.1) is 5.92 Å². The highest BCUT2D eigenvalue weighted by atomic mass is 32.1. The molecule has 3 atom stereocenters. The van der Waals surface area contributed by atoms with Crippen LogP contribution in [0.4, 0.5) is 0 Å². The molecule has 0 spiro atoms. The molecule has 21 heavy (non-hydrogen) atoms. The van der Waals surface area contributed by atoms with Crippen molar-refractivity contribution in [2.45, 2.75) is 51.1 Å². The summed E-state index contributed by atoms with van der Waals surface area (Å²) < 4.78 is 0. The monoisotopic (exact) mass is 311 g/mol. The number of nitrogens with zero attached hydrogens (tertiary/aromatic N) is 1. The number of hydrogen-bond acceptors (Lipinski definition) is 5. The Hall–Kier alpha value is -1.47. The van der Waals surface area contributed by atoms with E-state index in [0.29, 0.717) is 17.8 Å². The molecule has 1 aromatic rings. The van der Waals surface area contributed by atoms with Gasteiger partial charge in [-0.05, 0) is 25.7 Å². The van der Waals surface area contributed by atoms with E-state index in [1.54, 1.807) is 12.3 Å². The molecule has 1 saturated carbocycles. The van der Waals surface area contributed by atoms with Gasteiger partial charge in [0.15, 0.2) is 0 Å². The zero-order valence-corrected chi connectivity index (χ0v) is 13.1. The summed E-state index contributed by atoms with van der Waals surface area (Å²) in [5.74, 6) is -1.12. The maximum absolute atomic E-state index is 12.3. The van der Waals surface area contributed by atoms with Crippen molar-refractivity contribution in [3.8, 4) is 0 Å². The van der Waals surface area contributed by atoms with Gasteiger partial charge in [0.25, 0.3) is 5.91 Å². The van der Waals surface area contributed by atoms with Crippen molar-refractivity contribution in [1.29, 1.82) is 0 Å². The first-order valence-corrected chi connectivity index (χ1v) is 7.99. The molecule has 1 aliphatic rings. The second kappa shape index (κ2) is 6.11. The molecule has 0 radical (unpaired) electrons. The smallest absolute Gasteiger partial charge is 0.329 e. The second-order valence-electron chi connectivity index (χ2n) is 5.90. The highest BCUT2D eigenvalue weighted by Gasteiger charge is 2.43. The Morgan fingerprint density at radius 1 is 1.62 bits per heavy atom. The van der Waals surface area contributed by atoms with Gasteiger partial charge in [-0.25, -0.2) is 9.78 Å². The van der Waals surface area contributed by atoms with Gasteiger partial charge in [0.05, 0.1) is 6.04 Å². The average molecular weight is 311 g/mol. The van der Waals surface area contributed by atoms with Gasteiger partial charge >= 0.3 is 5.97 Å². The van der Waals surface area contributed by atoms with Crippen molar-refractivity contribution in [3.05, 3.63) is 16.1 Å². The molecule has 3 unspecified atom stereocenters. The van der Waals surface area contributed by atoms with Crippen LogP contribution in [-0.4, -0.2) is 27.5 Å². The van der Waals surface area contributed by atoms with Crippen molar-refractivity contribution in [3.63, 3.8) is 0 Å². The highest BCUT2D eigenvalue weighted by Crippen LogP contribution is 2.33. The van der Waals surface area contributed by atoms with Crippen molar-refractivity contribution in [2.75, 3.05) is 0 Å². The van der Waals surface area contributed by atoms with Crippen LogP contribution in [0.5, 0.6) is 0 Å². The van der Waals surface area contributed by atoms with Crippen molar-refractivity contribution < 1.29 is 14.7 Å². The first kappa shape index (κ1) is 15.9. The minimum absolute atomic E-state index is 0.236. The number of nitrogens with two attached hydrogens (primary N) is 1. The molecule has 116 valence electrons. The average Bonchev–Trinajstić information content (AvgIpc) is 2.88. The Balaban J connectivity index is 2.16. The lowest BCUT2D eigenvalue weighted by Crippen LogP contribution is -2.56. The lowest BCUT2D eigenvalue weighted by Gasteiger charge is -2.36. The fourth-order valence-corrected chi connectivity index (χ4v) is 3.55. The molecule has 1 aliphatic carbocycles. The Morgan fingerprint density at radius 3 is 2.86 bits per heavy atom. The number of rotatable bonds is 4. The summed E-state index contributed by atoms with van der Waals surface area (Å²) in [4.78, 5) is 28.1. The van der Waals surface area contributed by atoms with Crippen LogP contribution >= 0.6 is 11.3 Å². The van der Waals surface area contributed by atoms with E-state index in [9.17, 15) is 14.7 Å². The fraction of sp³-hybridized carbons (Fsp3) is 0.643. The number of amides is 1. The quantitative estimate of drug-likeness (QED) is 0.788. The van der Waals surface area contributed by atoms with Crippen LogP contribution in [0.15, 0.2) is 5.38 Å². The summed E-state index contributed by atoms with van der Waals surface area (Å²) in [7, 11) is 0. The highest BCUT2D eigenvalue weighted by molar-refractivity contribution is 7.09. The molecule has 7 heteroatoms. The van der Waals surface area contributed by atoms with E-state index >= 15 is 0 Å². The molecule has 0 bridgehead atoms. The van der Waals surface area contributed by atoms with Gasteiger partial charge in [0, 0.05) is 5.38 Å². The van der Waals surface area contributed by atoms with E-state index in [1.165, 1.54) is 11.3 Å². The molecule has 1 fully saturated rings. The van der Waals surface area contributed by atoms with E-state index < -0.39 is 17.4 Å². The molecular formula is C14H21N3O3S.